The predicted molar refractivity (Wildman–Crippen MR) is 73.5 cm³/mol. The Morgan fingerprint density at radius 2 is 2.00 bits per heavy atom. The lowest BCUT2D eigenvalue weighted by atomic mass is 10.2. The van der Waals surface area contributed by atoms with Crippen LogP contribution >= 0.6 is 12.2 Å². The normalized spacial score (nSPS) is 10.7. The molecule has 0 aliphatic rings. The van der Waals surface area contributed by atoms with Gasteiger partial charge in [-0.25, -0.2) is 4.98 Å². The van der Waals surface area contributed by atoms with Crippen LogP contribution in [0.5, 0.6) is 0 Å². The number of fused-ring (bicyclic) bond motifs is 1. The zero-order valence-corrected chi connectivity index (χ0v) is 10.5. The van der Waals surface area contributed by atoms with Crippen molar-refractivity contribution >= 4 is 34.8 Å². The Bertz CT molecular complexity index is 741. The number of hydrogen-bond donors (Lipinski definition) is 3. The van der Waals surface area contributed by atoms with Crippen LogP contribution in [0.15, 0.2) is 30.5 Å². The molecule has 0 unspecified atom stereocenters. The second-order valence-electron chi connectivity index (χ2n) is 4.04. The van der Waals surface area contributed by atoms with E-state index in [9.17, 15) is 0 Å². The van der Waals surface area contributed by atoms with E-state index in [1.54, 1.807) is 6.20 Å². The number of H-pyrrole nitrogens is 2. The Morgan fingerprint density at radius 3 is 2.78 bits per heavy atom. The van der Waals surface area contributed by atoms with Crippen molar-refractivity contribution < 1.29 is 0 Å². The molecule has 0 atom stereocenters. The van der Waals surface area contributed by atoms with Crippen LogP contribution in [-0.4, -0.2) is 20.2 Å². The first-order valence-electron chi connectivity index (χ1n) is 5.49. The van der Waals surface area contributed by atoms with Gasteiger partial charge in [0.1, 0.15) is 11.5 Å². The lowest BCUT2D eigenvalue weighted by molar-refractivity contribution is 1.08. The third kappa shape index (κ3) is 1.98. The van der Waals surface area contributed by atoms with Crippen LogP contribution in [0.25, 0.3) is 11.0 Å². The summed E-state index contributed by atoms with van der Waals surface area (Å²) in [5.74, 6) is 0.700. The van der Waals surface area contributed by atoms with E-state index in [1.807, 2.05) is 24.3 Å². The molecule has 0 saturated carbocycles. The maximum Gasteiger partial charge on any atom is 0.200 e. The summed E-state index contributed by atoms with van der Waals surface area (Å²) in [4.78, 5) is 7.23. The van der Waals surface area contributed by atoms with Gasteiger partial charge in [-0.15, -0.1) is 0 Å². The Morgan fingerprint density at radius 1 is 1.22 bits per heavy atom. The molecular formula is C12H11N5S. The van der Waals surface area contributed by atoms with Gasteiger partial charge >= 0.3 is 0 Å². The lowest BCUT2D eigenvalue weighted by Crippen LogP contribution is -1.96. The zero-order chi connectivity index (χ0) is 12.5. The third-order valence-corrected chi connectivity index (χ3v) is 2.85. The van der Waals surface area contributed by atoms with Gasteiger partial charge in [0, 0.05) is 5.69 Å². The number of rotatable bonds is 2. The van der Waals surface area contributed by atoms with Crippen molar-refractivity contribution in [1.82, 2.24) is 20.2 Å². The summed E-state index contributed by atoms with van der Waals surface area (Å²) in [6.07, 6.45) is 1.71. The topological polar surface area (TPSA) is 69.4 Å². The number of anilines is 2. The standard InChI is InChI=1S/C12H11N5S/c1-7-2-4-8(5-3-7)14-10-9-6-13-17-11(9)16-12(18)15-10/h2-6H,1H3,(H3,13,14,15,16,17,18). The maximum atomic E-state index is 5.08. The van der Waals surface area contributed by atoms with Crippen LogP contribution in [-0.2, 0) is 0 Å². The number of benzene rings is 1. The summed E-state index contributed by atoms with van der Waals surface area (Å²) in [5.41, 5.74) is 2.95. The van der Waals surface area contributed by atoms with Crippen molar-refractivity contribution in [3.05, 3.63) is 40.8 Å². The molecule has 1 aromatic carbocycles. The van der Waals surface area contributed by atoms with Gasteiger partial charge in [-0.3, -0.25) is 5.10 Å². The van der Waals surface area contributed by atoms with Gasteiger partial charge in [-0.2, -0.15) is 5.10 Å². The van der Waals surface area contributed by atoms with Crippen molar-refractivity contribution in [2.24, 2.45) is 0 Å². The van der Waals surface area contributed by atoms with Crippen molar-refractivity contribution in [3.63, 3.8) is 0 Å². The smallest absolute Gasteiger partial charge is 0.200 e. The average molecular weight is 257 g/mol. The summed E-state index contributed by atoms with van der Waals surface area (Å²) >= 11 is 5.08. The largest absolute Gasteiger partial charge is 0.339 e. The molecule has 0 bridgehead atoms. The van der Waals surface area contributed by atoms with E-state index in [4.69, 9.17) is 12.2 Å². The molecule has 5 nitrogen and oxygen atoms in total. The van der Waals surface area contributed by atoms with E-state index in [1.165, 1.54) is 5.56 Å². The van der Waals surface area contributed by atoms with Gasteiger partial charge in [0.15, 0.2) is 4.77 Å². The van der Waals surface area contributed by atoms with Gasteiger partial charge in [0.2, 0.25) is 0 Å². The number of hydrogen-bond acceptors (Lipinski definition) is 4. The predicted octanol–water partition coefficient (Wildman–Crippen LogP) is 3.07. The molecule has 0 spiro atoms. The Kier molecular flexibility index (Phi) is 2.56. The van der Waals surface area contributed by atoms with Gasteiger partial charge in [-0.1, -0.05) is 17.7 Å². The fourth-order valence-electron chi connectivity index (χ4n) is 1.73. The maximum absolute atomic E-state index is 5.08. The molecule has 0 fully saturated rings. The van der Waals surface area contributed by atoms with Crippen molar-refractivity contribution in [1.29, 1.82) is 0 Å². The van der Waals surface area contributed by atoms with Gasteiger partial charge in [-0.05, 0) is 31.3 Å². The molecule has 0 aliphatic carbocycles. The van der Waals surface area contributed by atoms with Gasteiger partial charge in [0.25, 0.3) is 0 Å². The van der Waals surface area contributed by atoms with Crippen LogP contribution < -0.4 is 5.32 Å². The highest BCUT2D eigenvalue weighted by molar-refractivity contribution is 7.71. The fourth-order valence-corrected chi connectivity index (χ4v) is 1.92. The van der Waals surface area contributed by atoms with Crippen LogP contribution in [0.2, 0.25) is 0 Å². The molecular weight excluding hydrogens is 246 g/mol. The van der Waals surface area contributed by atoms with E-state index in [0.29, 0.717) is 10.6 Å². The minimum absolute atomic E-state index is 0.418. The van der Waals surface area contributed by atoms with Gasteiger partial charge in [0.05, 0.1) is 11.6 Å². The quantitative estimate of drug-likeness (QED) is 0.617. The fraction of sp³-hybridized carbons (Fsp3) is 0.0833. The Labute approximate surface area is 108 Å². The molecule has 0 saturated heterocycles. The van der Waals surface area contributed by atoms with E-state index >= 15 is 0 Å². The highest BCUT2D eigenvalue weighted by Gasteiger charge is 2.05. The molecule has 0 radical (unpaired) electrons. The number of aromatic nitrogens is 4. The number of aryl methyl sites for hydroxylation is 1. The third-order valence-electron chi connectivity index (χ3n) is 2.65. The Balaban J connectivity index is 2.06. The number of nitrogens with zero attached hydrogens (tertiary/aromatic N) is 2. The zero-order valence-electron chi connectivity index (χ0n) is 9.69. The average Bonchev–Trinajstić information content (AvgIpc) is 2.80. The molecule has 6 heteroatoms. The van der Waals surface area contributed by atoms with Crippen LogP contribution in [0.4, 0.5) is 11.5 Å². The van der Waals surface area contributed by atoms with Crippen LogP contribution in [0.3, 0.4) is 0 Å². The molecule has 18 heavy (non-hydrogen) atoms. The number of nitrogens with one attached hydrogen (secondary N) is 3. The molecule has 90 valence electrons. The van der Waals surface area contributed by atoms with Crippen molar-refractivity contribution in [3.8, 4) is 0 Å². The summed E-state index contributed by atoms with van der Waals surface area (Å²) in [5, 5.41) is 10.9. The lowest BCUT2D eigenvalue weighted by Gasteiger charge is -2.06. The van der Waals surface area contributed by atoms with Gasteiger partial charge < -0.3 is 10.3 Å². The first kappa shape index (κ1) is 10.9. The highest BCUT2D eigenvalue weighted by atomic mass is 32.1. The van der Waals surface area contributed by atoms with Crippen LogP contribution in [0, 0.1) is 11.7 Å². The highest BCUT2D eigenvalue weighted by Crippen LogP contribution is 2.21. The van der Waals surface area contributed by atoms with E-state index in [2.05, 4.69) is 32.4 Å². The minimum Gasteiger partial charge on any atom is -0.339 e. The molecule has 2 heterocycles. The molecule has 0 aliphatic heterocycles. The van der Waals surface area contributed by atoms with Crippen LogP contribution in [0.1, 0.15) is 5.56 Å². The Hall–Kier alpha value is -2.21. The summed E-state index contributed by atoms with van der Waals surface area (Å²) in [6.45, 7) is 2.05. The molecule has 0 amide bonds. The molecule has 3 N–H and O–H groups in total. The second kappa shape index (κ2) is 4.23. The first-order chi connectivity index (χ1) is 8.72. The second-order valence-corrected chi connectivity index (χ2v) is 4.43. The first-order valence-corrected chi connectivity index (χ1v) is 5.90. The van der Waals surface area contributed by atoms with E-state index in [-0.39, 0.29) is 0 Å². The van der Waals surface area contributed by atoms with Crippen molar-refractivity contribution in [2.75, 3.05) is 5.32 Å². The van der Waals surface area contributed by atoms with E-state index in [0.717, 1.165) is 16.7 Å². The minimum atomic E-state index is 0.418. The molecule has 3 aromatic rings. The summed E-state index contributed by atoms with van der Waals surface area (Å²) in [7, 11) is 0. The van der Waals surface area contributed by atoms with Crippen molar-refractivity contribution in [2.45, 2.75) is 6.92 Å². The number of aromatic amines is 2. The molecule has 2 aromatic heterocycles. The summed E-state index contributed by atoms with van der Waals surface area (Å²) in [6, 6.07) is 8.09. The SMILES string of the molecule is Cc1ccc(Nc2nc(=S)[nH]c3[nH]ncc23)cc1. The summed E-state index contributed by atoms with van der Waals surface area (Å²) < 4.78 is 0.418. The van der Waals surface area contributed by atoms with E-state index < -0.39 is 0 Å². The monoisotopic (exact) mass is 257 g/mol. The molecule has 3 rings (SSSR count).